The molecule has 4 heteroatoms. The van der Waals surface area contributed by atoms with E-state index < -0.39 is 0 Å². The second-order valence-electron chi connectivity index (χ2n) is 4.29. The van der Waals surface area contributed by atoms with E-state index in [0.29, 0.717) is 11.9 Å². The molecule has 2 rings (SSSR count). The average Bonchev–Trinajstić information content (AvgIpc) is 3.14. The molecule has 94 valence electrons. The van der Waals surface area contributed by atoms with Gasteiger partial charge in [0.2, 0.25) is 0 Å². The number of alkyl halides is 1. The Morgan fingerprint density at radius 3 is 2.76 bits per heavy atom. The predicted octanol–water partition coefficient (Wildman–Crippen LogP) is 3.69. The number of methoxy groups -OCH3 is 1. The predicted molar refractivity (Wildman–Crippen MR) is 73.3 cm³/mol. The van der Waals surface area contributed by atoms with E-state index in [0.717, 1.165) is 29.4 Å². The quantitative estimate of drug-likeness (QED) is 0.733. The summed E-state index contributed by atoms with van der Waals surface area (Å²) in [7, 11) is 1.73. The van der Waals surface area contributed by atoms with Crippen molar-refractivity contribution in [1.29, 1.82) is 0 Å². The Labute approximate surface area is 112 Å². The third-order valence-corrected chi connectivity index (χ3v) is 3.68. The Bertz CT molecular complexity index is 380. The molecule has 0 bridgehead atoms. The van der Waals surface area contributed by atoms with Gasteiger partial charge in [-0.1, -0.05) is 17.7 Å². The van der Waals surface area contributed by atoms with Gasteiger partial charge in [0.15, 0.2) is 0 Å². The molecule has 1 saturated carbocycles. The van der Waals surface area contributed by atoms with Crippen LogP contribution in [0.4, 0.5) is 5.69 Å². The van der Waals surface area contributed by atoms with Crippen LogP contribution >= 0.6 is 23.2 Å². The van der Waals surface area contributed by atoms with Crippen molar-refractivity contribution in [3.8, 4) is 0 Å². The lowest BCUT2D eigenvalue weighted by Gasteiger charge is -2.27. The van der Waals surface area contributed by atoms with Crippen LogP contribution in [0.2, 0.25) is 5.02 Å². The molecule has 0 aromatic heterocycles. The first kappa shape index (κ1) is 13.0. The van der Waals surface area contributed by atoms with Crippen molar-refractivity contribution in [3.63, 3.8) is 0 Å². The summed E-state index contributed by atoms with van der Waals surface area (Å²) in [6.07, 6.45) is 2.50. The normalized spacial score (nSPS) is 15.0. The number of benzene rings is 1. The van der Waals surface area contributed by atoms with E-state index in [-0.39, 0.29) is 0 Å². The van der Waals surface area contributed by atoms with Crippen LogP contribution in [0.1, 0.15) is 18.4 Å². The number of hydrogen-bond donors (Lipinski definition) is 0. The van der Waals surface area contributed by atoms with E-state index in [1.165, 1.54) is 12.8 Å². The zero-order valence-electron chi connectivity index (χ0n) is 9.96. The van der Waals surface area contributed by atoms with Crippen molar-refractivity contribution in [1.82, 2.24) is 0 Å². The first-order valence-corrected chi connectivity index (χ1v) is 6.78. The van der Waals surface area contributed by atoms with Crippen LogP contribution in [0.5, 0.6) is 0 Å². The summed E-state index contributed by atoms with van der Waals surface area (Å²) in [6.45, 7) is 1.62. The number of ether oxygens (including phenoxy) is 1. The lowest BCUT2D eigenvalue weighted by atomic mass is 10.1. The van der Waals surface area contributed by atoms with Gasteiger partial charge in [-0.25, -0.2) is 0 Å². The van der Waals surface area contributed by atoms with Crippen LogP contribution in [-0.4, -0.2) is 26.3 Å². The molecule has 0 saturated heterocycles. The van der Waals surface area contributed by atoms with E-state index in [2.05, 4.69) is 11.0 Å². The number of anilines is 1. The van der Waals surface area contributed by atoms with Crippen molar-refractivity contribution < 1.29 is 4.74 Å². The highest BCUT2D eigenvalue weighted by molar-refractivity contribution is 6.32. The lowest BCUT2D eigenvalue weighted by Crippen LogP contribution is -2.30. The molecular weight excluding hydrogens is 257 g/mol. The molecule has 0 spiro atoms. The van der Waals surface area contributed by atoms with Crippen LogP contribution in [0.15, 0.2) is 18.2 Å². The van der Waals surface area contributed by atoms with Gasteiger partial charge in [-0.15, -0.1) is 11.6 Å². The Morgan fingerprint density at radius 2 is 2.18 bits per heavy atom. The van der Waals surface area contributed by atoms with Crippen molar-refractivity contribution in [3.05, 3.63) is 28.8 Å². The molecule has 0 unspecified atom stereocenters. The zero-order valence-corrected chi connectivity index (χ0v) is 11.5. The maximum atomic E-state index is 6.19. The third kappa shape index (κ3) is 3.06. The Morgan fingerprint density at radius 1 is 1.41 bits per heavy atom. The summed E-state index contributed by atoms with van der Waals surface area (Å²) in [5.74, 6) is 0.450. The minimum absolute atomic E-state index is 0.450. The average molecular weight is 274 g/mol. The molecule has 17 heavy (non-hydrogen) atoms. The first-order chi connectivity index (χ1) is 8.27. The van der Waals surface area contributed by atoms with Crippen molar-refractivity contribution in [2.75, 3.05) is 25.2 Å². The molecule has 0 amide bonds. The third-order valence-electron chi connectivity index (χ3n) is 3.06. The van der Waals surface area contributed by atoms with Crippen LogP contribution < -0.4 is 4.90 Å². The van der Waals surface area contributed by atoms with Crippen LogP contribution in [0.25, 0.3) is 0 Å². The van der Waals surface area contributed by atoms with Crippen molar-refractivity contribution >= 4 is 28.9 Å². The van der Waals surface area contributed by atoms with Gasteiger partial charge in [-0.05, 0) is 25.0 Å². The Hall–Kier alpha value is -0.440. The molecule has 1 aromatic carbocycles. The van der Waals surface area contributed by atoms with Crippen LogP contribution in [0, 0.1) is 0 Å². The van der Waals surface area contributed by atoms with E-state index in [1.807, 2.05) is 12.1 Å². The zero-order chi connectivity index (χ0) is 12.3. The SMILES string of the molecule is COCCN(c1cccc(Cl)c1CCl)C1CC1. The summed E-state index contributed by atoms with van der Waals surface area (Å²) in [5, 5.41) is 0.751. The molecule has 1 aromatic rings. The second-order valence-corrected chi connectivity index (χ2v) is 4.96. The molecule has 0 aliphatic heterocycles. The van der Waals surface area contributed by atoms with E-state index in [4.69, 9.17) is 27.9 Å². The van der Waals surface area contributed by atoms with E-state index in [9.17, 15) is 0 Å². The molecule has 0 radical (unpaired) electrons. The Kier molecular flexibility index (Phi) is 4.55. The number of halogens is 2. The van der Waals surface area contributed by atoms with Gasteiger partial charge in [0.1, 0.15) is 0 Å². The second kappa shape index (κ2) is 5.94. The first-order valence-electron chi connectivity index (χ1n) is 5.87. The van der Waals surface area contributed by atoms with Crippen LogP contribution in [-0.2, 0) is 10.6 Å². The highest BCUT2D eigenvalue weighted by atomic mass is 35.5. The highest BCUT2D eigenvalue weighted by Crippen LogP contribution is 2.36. The van der Waals surface area contributed by atoms with E-state index in [1.54, 1.807) is 7.11 Å². The van der Waals surface area contributed by atoms with Gasteiger partial charge in [-0.3, -0.25) is 0 Å². The van der Waals surface area contributed by atoms with Gasteiger partial charge in [0, 0.05) is 36.0 Å². The summed E-state index contributed by atoms with van der Waals surface area (Å²) >= 11 is 12.2. The fraction of sp³-hybridized carbons (Fsp3) is 0.538. The molecule has 0 heterocycles. The van der Waals surface area contributed by atoms with Gasteiger partial charge >= 0.3 is 0 Å². The van der Waals surface area contributed by atoms with Crippen molar-refractivity contribution in [2.24, 2.45) is 0 Å². The van der Waals surface area contributed by atoms with Crippen LogP contribution in [0.3, 0.4) is 0 Å². The number of rotatable bonds is 6. The standard InChI is InChI=1S/C13H17Cl2NO/c1-17-8-7-16(10-5-6-10)13-4-2-3-12(15)11(13)9-14/h2-4,10H,5-9H2,1H3. The Balaban J connectivity index is 2.25. The highest BCUT2D eigenvalue weighted by Gasteiger charge is 2.30. The minimum Gasteiger partial charge on any atom is -0.383 e. The van der Waals surface area contributed by atoms with Gasteiger partial charge in [0.05, 0.1) is 12.5 Å². The monoisotopic (exact) mass is 273 g/mol. The topological polar surface area (TPSA) is 12.5 Å². The molecule has 0 atom stereocenters. The summed E-state index contributed by atoms with van der Waals surface area (Å²) in [6, 6.07) is 6.60. The summed E-state index contributed by atoms with van der Waals surface area (Å²) in [5.41, 5.74) is 2.19. The fourth-order valence-electron chi connectivity index (χ4n) is 2.02. The van der Waals surface area contributed by atoms with Gasteiger partial charge < -0.3 is 9.64 Å². The largest absolute Gasteiger partial charge is 0.383 e. The maximum Gasteiger partial charge on any atom is 0.0637 e. The minimum atomic E-state index is 0.450. The molecule has 1 aliphatic rings. The van der Waals surface area contributed by atoms with Gasteiger partial charge in [-0.2, -0.15) is 0 Å². The molecule has 0 N–H and O–H groups in total. The fourth-order valence-corrected chi connectivity index (χ4v) is 2.61. The lowest BCUT2D eigenvalue weighted by molar-refractivity contribution is 0.205. The summed E-state index contributed by atoms with van der Waals surface area (Å²) < 4.78 is 5.17. The number of hydrogen-bond acceptors (Lipinski definition) is 2. The molecule has 1 aliphatic carbocycles. The molecule has 2 nitrogen and oxygen atoms in total. The smallest absolute Gasteiger partial charge is 0.0637 e. The van der Waals surface area contributed by atoms with E-state index >= 15 is 0 Å². The maximum absolute atomic E-state index is 6.19. The molecular formula is C13H17Cl2NO. The van der Waals surface area contributed by atoms with Gasteiger partial charge in [0.25, 0.3) is 0 Å². The van der Waals surface area contributed by atoms with Crippen molar-refractivity contribution in [2.45, 2.75) is 24.8 Å². The molecule has 1 fully saturated rings. The summed E-state index contributed by atoms with van der Waals surface area (Å²) in [4.78, 5) is 2.37. The number of nitrogens with zero attached hydrogens (tertiary/aromatic N) is 1.